The van der Waals surface area contributed by atoms with Gasteiger partial charge in [0.15, 0.2) is 11.9 Å². The fraction of sp³-hybridized carbons (Fsp3) is 0.154. The largest absolute Gasteiger partial charge is 0.480 e. The highest BCUT2D eigenvalue weighted by molar-refractivity contribution is 7.99. The molecule has 94 valence electrons. The van der Waals surface area contributed by atoms with Crippen molar-refractivity contribution in [2.24, 2.45) is 0 Å². The molecular formula is C13H10N4OS. The summed E-state index contributed by atoms with van der Waals surface area (Å²) in [6, 6.07) is 9.79. The second-order valence-corrected chi connectivity index (χ2v) is 5.06. The standard InChI is InChI=1S/C13H10N4OS/c14-5-8-6-16-13(17-12(8)15)10-7-19-11-4-2-1-3-9(11)18-10/h1-4,6,10H,7H2,(H2,15,16,17). The van der Waals surface area contributed by atoms with Crippen LogP contribution >= 0.6 is 11.8 Å². The number of benzene rings is 1. The molecule has 5 nitrogen and oxygen atoms in total. The Balaban J connectivity index is 1.89. The molecule has 0 amide bonds. The Labute approximate surface area is 114 Å². The molecule has 2 heterocycles. The number of rotatable bonds is 1. The van der Waals surface area contributed by atoms with Crippen LogP contribution in [0.4, 0.5) is 5.82 Å². The molecule has 19 heavy (non-hydrogen) atoms. The summed E-state index contributed by atoms with van der Waals surface area (Å²) < 4.78 is 5.86. The number of nitrogens with zero attached hydrogens (tertiary/aromatic N) is 3. The van der Waals surface area contributed by atoms with Gasteiger partial charge < -0.3 is 10.5 Å². The minimum atomic E-state index is -0.241. The molecule has 0 fully saturated rings. The topological polar surface area (TPSA) is 84.8 Å². The first-order valence-corrected chi connectivity index (χ1v) is 6.67. The molecule has 1 aliphatic heterocycles. The van der Waals surface area contributed by atoms with Crippen LogP contribution in [-0.4, -0.2) is 15.7 Å². The van der Waals surface area contributed by atoms with Crippen LogP contribution in [0.25, 0.3) is 0 Å². The molecule has 0 aliphatic carbocycles. The second kappa shape index (κ2) is 4.78. The van der Waals surface area contributed by atoms with E-state index >= 15 is 0 Å². The Morgan fingerprint density at radius 3 is 3.05 bits per heavy atom. The van der Waals surface area contributed by atoms with Crippen LogP contribution < -0.4 is 10.5 Å². The number of thioether (sulfide) groups is 1. The number of anilines is 1. The zero-order valence-corrected chi connectivity index (χ0v) is 10.7. The first kappa shape index (κ1) is 11.8. The van der Waals surface area contributed by atoms with Gasteiger partial charge in [0.1, 0.15) is 23.2 Å². The van der Waals surface area contributed by atoms with E-state index in [1.54, 1.807) is 11.8 Å². The number of para-hydroxylation sites is 1. The predicted octanol–water partition coefficient (Wildman–Crippen LogP) is 2.16. The number of fused-ring (bicyclic) bond motifs is 1. The fourth-order valence-corrected chi connectivity index (χ4v) is 2.78. The Bertz CT molecular complexity index is 668. The maximum absolute atomic E-state index is 8.80. The summed E-state index contributed by atoms with van der Waals surface area (Å²) in [5.41, 5.74) is 5.98. The van der Waals surface area contributed by atoms with Gasteiger partial charge in [-0.25, -0.2) is 9.97 Å². The first-order valence-electron chi connectivity index (χ1n) is 5.69. The Hall–Kier alpha value is -2.26. The zero-order valence-electron chi connectivity index (χ0n) is 9.91. The lowest BCUT2D eigenvalue weighted by atomic mass is 10.3. The van der Waals surface area contributed by atoms with E-state index in [1.165, 1.54) is 6.20 Å². The number of ether oxygens (including phenoxy) is 1. The van der Waals surface area contributed by atoms with Crippen molar-refractivity contribution in [2.45, 2.75) is 11.0 Å². The SMILES string of the molecule is N#Cc1cnc(C2CSc3ccccc3O2)nc1N. The maximum Gasteiger partial charge on any atom is 0.172 e. The van der Waals surface area contributed by atoms with E-state index in [2.05, 4.69) is 9.97 Å². The van der Waals surface area contributed by atoms with Gasteiger partial charge in [-0.05, 0) is 12.1 Å². The summed E-state index contributed by atoms with van der Waals surface area (Å²) in [5.74, 6) is 2.26. The van der Waals surface area contributed by atoms with Crippen LogP contribution in [0, 0.1) is 11.3 Å². The quantitative estimate of drug-likeness (QED) is 0.854. The highest BCUT2D eigenvalue weighted by atomic mass is 32.2. The molecule has 0 bridgehead atoms. The number of nitrogen functional groups attached to an aromatic ring is 1. The van der Waals surface area contributed by atoms with Gasteiger partial charge in [-0.1, -0.05) is 12.1 Å². The molecule has 2 N–H and O–H groups in total. The molecule has 0 spiro atoms. The molecular weight excluding hydrogens is 260 g/mol. The number of hydrogen-bond acceptors (Lipinski definition) is 6. The van der Waals surface area contributed by atoms with E-state index in [9.17, 15) is 0 Å². The van der Waals surface area contributed by atoms with Crippen LogP contribution in [-0.2, 0) is 0 Å². The molecule has 0 saturated heterocycles. The highest BCUT2D eigenvalue weighted by Gasteiger charge is 2.24. The summed E-state index contributed by atoms with van der Waals surface area (Å²) in [7, 11) is 0. The highest BCUT2D eigenvalue weighted by Crippen LogP contribution is 2.39. The van der Waals surface area contributed by atoms with Crippen molar-refractivity contribution in [2.75, 3.05) is 11.5 Å². The van der Waals surface area contributed by atoms with Gasteiger partial charge in [-0.2, -0.15) is 5.26 Å². The molecule has 1 atom stereocenters. The van der Waals surface area contributed by atoms with Crippen molar-refractivity contribution in [3.8, 4) is 11.8 Å². The maximum atomic E-state index is 8.80. The smallest absolute Gasteiger partial charge is 0.172 e. The molecule has 1 aromatic carbocycles. The summed E-state index contributed by atoms with van der Waals surface area (Å²) in [6.45, 7) is 0. The second-order valence-electron chi connectivity index (χ2n) is 4.00. The van der Waals surface area contributed by atoms with Crippen LogP contribution in [0.1, 0.15) is 17.5 Å². The Morgan fingerprint density at radius 1 is 1.42 bits per heavy atom. The van der Waals surface area contributed by atoms with Gasteiger partial charge in [-0.3, -0.25) is 0 Å². The Kier molecular flexibility index (Phi) is 2.97. The lowest BCUT2D eigenvalue weighted by molar-refractivity contribution is 0.210. The minimum absolute atomic E-state index is 0.194. The van der Waals surface area contributed by atoms with E-state index in [0.717, 1.165) is 16.4 Å². The zero-order chi connectivity index (χ0) is 13.2. The molecule has 2 aromatic rings. The van der Waals surface area contributed by atoms with Crippen molar-refractivity contribution in [1.29, 1.82) is 5.26 Å². The van der Waals surface area contributed by atoms with Gasteiger partial charge in [0, 0.05) is 10.6 Å². The Morgan fingerprint density at radius 2 is 2.26 bits per heavy atom. The average molecular weight is 270 g/mol. The van der Waals surface area contributed by atoms with E-state index in [-0.39, 0.29) is 17.5 Å². The fourth-order valence-electron chi connectivity index (χ4n) is 1.80. The summed E-state index contributed by atoms with van der Waals surface area (Å²) >= 11 is 1.70. The summed E-state index contributed by atoms with van der Waals surface area (Å²) in [6.07, 6.45) is 1.20. The van der Waals surface area contributed by atoms with Crippen molar-refractivity contribution < 1.29 is 4.74 Å². The minimum Gasteiger partial charge on any atom is -0.480 e. The lowest BCUT2D eigenvalue weighted by Gasteiger charge is -2.24. The van der Waals surface area contributed by atoms with Gasteiger partial charge >= 0.3 is 0 Å². The third-order valence-corrected chi connectivity index (χ3v) is 3.87. The van der Waals surface area contributed by atoms with Crippen molar-refractivity contribution >= 4 is 17.6 Å². The molecule has 1 unspecified atom stereocenters. The predicted molar refractivity (Wildman–Crippen MR) is 71.7 cm³/mol. The van der Waals surface area contributed by atoms with Gasteiger partial charge in [-0.15, -0.1) is 11.8 Å². The van der Waals surface area contributed by atoms with Crippen LogP contribution in [0.15, 0.2) is 35.4 Å². The first-order chi connectivity index (χ1) is 9.28. The van der Waals surface area contributed by atoms with E-state index in [1.807, 2.05) is 30.3 Å². The number of hydrogen-bond donors (Lipinski definition) is 1. The van der Waals surface area contributed by atoms with Crippen molar-refractivity contribution in [1.82, 2.24) is 9.97 Å². The van der Waals surface area contributed by atoms with E-state index < -0.39 is 0 Å². The summed E-state index contributed by atoms with van der Waals surface area (Å²) in [4.78, 5) is 9.41. The van der Waals surface area contributed by atoms with Gasteiger partial charge in [0.2, 0.25) is 0 Å². The molecule has 6 heteroatoms. The monoisotopic (exact) mass is 270 g/mol. The molecule has 0 radical (unpaired) electrons. The van der Waals surface area contributed by atoms with Crippen molar-refractivity contribution in [3.05, 3.63) is 41.9 Å². The van der Waals surface area contributed by atoms with E-state index in [4.69, 9.17) is 15.7 Å². The average Bonchev–Trinajstić information content (AvgIpc) is 2.46. The third kappa shape index (κ3) is 2.20. The molecule has 1 aromatic heterocycles. The molecule has 1 aliphatic rings. The molecule has 0 saturated carbocycles. The van der Waals surface area contributed by atoms with Crippen LogP contribution in [0.5, 0.6) is 5.75 Å². The van der Waals surface area contributed by atoms with Crippen molar-refractivity contribution in [3.63, 3.8) is 0 Å². The summed E-state index contributed by atoms with van der Waals surface area (Å²) in [5, 5.41) is 8.80. The number of nitriles is 1. The van der Waals surface area contributed by atoms with E-state index in [0.29, 0.717) is 5.82 Å². The molecule has 3 rings (SSSR count). The third-order valence-electron chi connectivity index (χ3n) is 2.75. The number of nitrogens with two attached hydrogens (primary N) is 1. The van der Waals surface area contributed by atoms with Gasteiger partial charge in [0.25, 0.3) is 0 Å². The normalized spacial score (nSPS) is 17.1. The van der Waals surface area contributed by atoms with Crippen LogP contribution in [0.3, 0.4) is 0 Å². The number of aromatic nitrogens is 2. The van der Waals surface area contributed by atoms with Crippen LogP contribution in [0.2, 0.25) is 0 Å². The lowest BCUT2D eigenvalue weighted by Crippen LogP contribution is -2.18. The van der Waals surface area contributed by atoms with Gasteiger partial charge in [0.05, 0.1) is 6.20 Å².